The van der Waals surface area contributed by atoms with E-state index in [4.69, 9.17) is 0 Å². The Morgan fingerprint density at radius 1 is 1.55 bits per heavy atom. The molecular weight excluding hydrogens is 320 g/mol. The smallest absolute Gasteiger partial charge is 0.252 e. The van der Waals surface area contributed by atoms with E-state index in [1.807, 2.05) is 6.92 Å². The molecule has 2 atom stereocenters. The summed E-state index contributed by atoms with van der Waals surface area (Å²) in [6, 6.07) is 3.49. The lowest BCUT2D eigenvalue weighted by Gasteiger charge is -2.31. The highest BCUT2D eigenvalue weighted by molar-refractivity contribution is 7.91. The Labute approximate surface area is 136 Å². The van der Waals surface area contributed by atoms with E-state index in [0.717, 1.165) is 25.7 Å². The maximum absolute atomic E-state index is 12.5. The van der Waals surface area contributed by atoms with Gasteiger partial charge in [0.15, 0.2) is 0 Å². The molecule has 2 rings (SSSR count). The first-order valence-corrected chi connectivity index (χ1v) is 10.1. The Kier molecular flexibility index (Phi) is 6.00. The summed E-state index contributed by atoms with van der Waals surface area (Å²) in [4.78, 5) is 12.3. The van der Waals surface area contributed by atoms with Gasteiger partial charge in [0.25, 0.3) is 10.0 Å². The maximum atomic E-state index is 12.5. The summed E-state index contributed by atoms with van der Waals surface area (Å²) in [5.74, 6) is -0.269. The molecule has 0 saturated carbocycles. The number of sulfonamides is 1. The molecule has 0 radical (unpaired) electrons. The summed E-state index contributed by atoms with van der Waals surface area (Å²) in [5.41, 5.74) is 0. The first kappa shape index (κ1) is 17.4. The van der Waals surface area contributed by atoms with Gasteiger partial charge in [0.2, 0.25) is 5.91 Å². The molecule has 1 fully saturated rings. The molecule has 0 bridgehead atoms. The van der Waals surface area contributed by atoms with Crippen molar-refractivity contribution in [3.63, 3.8) is 0 Å². The van der Waals surface area contributed by atoms with Crippen molar-refractivity contribution in [2.24, 2.45) is 5.92 Å². The lowest BCUT2D eigenvalue weighted by molar-refractivity contribution is -0.126. The second-order valence-electron chi connectivity index (χ2n) is 5.83. The Bertz CT molecular complexity index is 584. The molecule has 0 spiro atoms. The third-order valence-electron chi connectivity index (χ3n) is 3.95. The fourth-order valence-corrected chi connectivity index (χ4v) is 5.45. The molecule has 5 nitrogen and oxygen atoms in total. The molecule has 0 aliphatic carbocycles. The van der Waals surface area contributed by atoms with Crippen molar-refractivity contribution in [2.75, 3.05) is 13.1 Å². The van der Waals surface area contributed by atoms with Crippen LogP contribution in [0.3, 0.4) is 0 Å². The summed E-state index contributed by atoms with van der Waals surface area (Å²) < 4.78 is 26.9. The van der Waals surface area contributed by atoms with Crippen LogP contribution < -0.4 is 5.32 Å². The lowest BCUT2D eigenvalue weighted by atomic mass is 9.98. The lowest BCUT2D eigenvalue weighted by Crippen LogP contribution is -2.46. The number of carbonyl (C=O) groups excluding carboxylic acids is 1. The van der Waals surface area contributed by atoms with E-state index in [0.29, 0.717) is 10.8 Å². The fourth-order valence-electron chi connectivity index (χ4n) is 2.78. The molecule has 1 N–H and O–H groups in total. The zero-order chi connectivity index (χ0) is 16.2. The average molecular weight is 345 g/mol. The molecule has 22 heavy (non-hydrogen) atoms. The van der Waals surface area contributed by atoms with Gasteiger partial charge >= 0.3 is 0 Å². The van der Waals surface area contributed by atoms with Crippen LogP contribution >= 0.6 is 11.3 Å². The Morgan fingerprint density at radius 3 is 2.95 bits per heavy atom. The van der Waals surface area contributed by atoms with E-state index in [1.54, 1.807) is 17.5 Å². The topological polar surface area (TPSA) is 66.5 Å². The number of carbonyl (C=O) groups is 1. The third kappa shape index (κ3) is 4.08. The first-order chi connectivity index (χ1) is 10.4. The minimum Gasteiger partial charge on any atom is -0.353 e. The molecular formula is C15H24N2O3S2. The summed E-state index contributed by atoms with van der Waals surface area (Å²) in [7, 11) is -3.45. The number of nitrogens with zero attached hydrogens (tertiary/aromatic N) is 1. The van der Waals surface area contributed by atoms with Gasteiger partial charge < -0.3 is 5.32 Å². The second-order valence-corrected chi connectivity index (χ2v) is 8.95. The van der Waals surface area contributed by atoms with Crippen LogP contribution in [0.2, 0.25) is 0 Å². The van der Waals surface area contributed by atoms with E-state index in [1.165, 1.54) is 15.6 Å². The van der Waals surface area contributed by atoms with Gasteiger partial charge in [-0.3, -0.25) is 4.79 Å². The van der Waals surface area contributed by atoms with Crippen molar-refractivity contribution in [1.29, 1.82) is 0 Å². The number of hydrogen-bond donors (Lipinski definition) is 1. The largest absolute Gasteiger partial charge is 0.353 e. The van der Waals surface area contributed by atoms with Crippen LogP contribution in [0.1, 0.15) is 39.5 Å². The van der Waals surface area contributed by atoms with E-state index >= 15 is 0 Å². The molecule has 1 aliphatic rings. The first-order valence-electron chi connectivity index (χ1n) is 7.79. The summed E-state index contributed by atoms with van der Waals surface area (Å²) in [6.07, 6.45) is 3.44. The average Bonchev–Trinajstić information content (AvgIpc) is 3.02. The summed E-state index contributed by atoms with van der Waals surface area (Å²) in [5, 5.41) is 4.76. The fraction of sp³-hybridized carbons (Fsp3) is 0.667. The van der Waals surface area contributed by atoms with Crippen molar-refractivity contribution in [3.05, 3.63) is 17.5 Å². The van der Waals surface area contributed by atoms with Crippen molar-refractivity contribution in [2.45, 2.75) is 49.8 Å². The number of amides is 1. The van der Waals surface area contributed by atoms with Crippen molar-refractivity contribution in [1.82, 2.24) is 9.62 Å². The molecule has 7 heteroatoms. The number of hydrogen-bond acceptors (Lipinski definition) is 4. The van der Waals surface area contributed by atoms with Gasteiger partial charge in [0.05, 0.1) is 5.92 Å². The minimum atomic E-state index is -3.45. The highest BCUT2D eigenvalue weighted by atomic mass is 32.2. The highest BCUT2D eigenvalue weighted by Crippen LogP contribution is 2.26. The van der Waals surface area contributed by atoms with Gasteiger partial charge in [-0.2, -0.15) is 4.31 Å². The molecule has 1 aromatic heterocycles. The van der Waals surface area contributed by atoms with Crippen LogP contribution in [-0.2, 0) is 14.8 Å². The molecule has 2 heterocycles. The molecule has 1 amide bonds. The van der Waals surface area contributed by atoms with Crippen molar-refractivity contribution in [3.8, 4) is 0 Å². The van der Waals surface area contributed by atoms with Gasteiger partial charge in [-0.15, -0.1) is 11.3 Å². The SMILES string of the molecule is CCC[C@H](C)NC(=O)[C@@H]1CCCN(S(=O)(=O)c2cccs2)C1. The predicted octanol–water partition coefficient (Wildman–Crippen LogP) is 2.45. The minimum absolute atomic E-state index is 0.0213. The normalized spacial score (nSPS) is 21.5. The standard InChI is InChI=1S/C15H24N2O3S2/c1-3-6-12(2)16-15(18)13-7-4-9-17(11-13)22(19,20)14-8-5-10-21-14/h5,8,10,12-13H,3-4,6-7,9,11H2,1-2H3,(H,16,18)/t12-,13+/m0/s1. The molecule has 1 aromatic rings. The molecule has 1 saturated heterocycles. The molecule has 0 unspecified atom stereocenters. The molecule has 1 aliphatic heterocycles. The Balaban J connectivity index is 2.01. The molecule has 0 aromatic carbocycles. The second kappa shape index (κ2) is 7.57. The van der Waals surface area contributed by atoms with Gasteiger partial charge in [0, 0.05) is 19.1 Å². The van der Waals surface area contributed by atoms with Gasteiger partial charge in [-0.1, -0.05) is 19.4 Å². The van der Waals surface area contributed by atoms with E-state index in [9.17, 15) is 13.2 Å². The van der Waals surface area contributed by atoms with Gasteiger partial charge in [0.1, 0.15) is 4.21 Å². The van der Waals surface area contributed by atoms with Gasteiger partial charge in [-0.25, -0.2) is 8.42 Å². The predicted molar refractivity (Wildman–Crippen MR) is 88.3 cm³/mol. The van der Waals surface area contributed by atoms with Crippen LogP contribution in [-0.4, -0.2) is 37.8 Å². The summed E-state index contributed by atoms with van der Waals surface area (Å²) in [6.45, 7) is 4.85. The number of thiophene rings is 1. The monoisotopic (exact) mass is 344 g/mol. The van der Waals surface area contributed by atoms with Crippen LogP contribution in [0.15, 0.2) is 21.7 Å². The zero-order valence-corrected chi connectivity index (χ0v) is 14.8. The van der Waals surface area contributed by atoms with Crippen LogP contribution in [0, 0.1) is 5.92 Å². The van der Waals surface area contributed by atoms with E-state index in [2.05, 4.69) is 12.2 Å². The number of piperidine rings is 1. The Morgan fingerprint density at radius 2 is 2.32 bits per heavy atom. The van der Waals surface area contributed by atoms with Crippen molar-refractivity contribution < 1.29 is 13.2 Å². The zero-order valence-electron chi connectivity index (χ0n) is 13.1. The van der Waals surface area contributed by atoms with E-state index in [-0.39, 0.29) is 24.4 Å². The summed E-state index contributed by atoms with van der Waals surface area (Å²) >= 11 is 1.22. The van der Waals surface area contributed by atoms with Crippen LogP contribution in [0.25, 0.3) is 0 Å². The number of rotatable bonds is 6. The van der Waals surface area contributed by atoms with E-state index < -0.39 is 10.0 Å². The van der Waals surface area contributed by atoms with Crippen LogP contribution in [0.5, 0.6) is 0 Å². The quantitative estimate of drug-likeness (QED) is 0.862. The highest BCUT2D eigenvalue weighted by Gasteiger charge is 2.33. The number of nitrogens with one attached hydrogen (secondary N) is 1. The Hall–Kier alpha value is -0.920. The molecule has 124 valence electrons. The van der Waals surface area contributed by atoms with Crippen molar-refractivity contribution >= 4 is 27.3 Å². The van der Waals surface area contributed by atoms with Gasteiger partial charge in [-0.05, 0) is 37.6 Å². The van der Waals surface area contributed by atoms with Crippen LogP contribution in [0.4, 0.5) is 0 Å². The maximum Gasteiger partial charge on any atom is 0.252 e. The third-order valence-corrected chi connectivity index (χ3v) is 7.19.